The van der Waals surface area contributed by atoms with Crippen LogP contribution in [0.15, 0.2) is 18.5 Å². The van der Waals surface area contributed by atoms with Crippen LogP contribution >= 0.6 is 0 Å². The minimum atomic E-state index is -0.238. The SMILES string of the molecule is CC(C)N(CCC#N)C(=O)c1cncc(C#CCO)c1. The molecule has 5 heteroatoms. The lowest BCUT2D eigenvalue weighted by Gasteiger charge is -2.25. The Kier molecular flexibility index (Phi) is 6.22. The van der Waals surface area contributed by atoms with E-state index in [2.05, 4.69) is 16.8 Å². The van der Waals surface area contributed by atoms with Gasteiger partial charge in [0, 0.05) is 30.5 Å². The normalized spacial score (nSPS) is 9.55. The van der Waals surface area contributed by atoms with E-state index in [-0.39, 0.29) is 18.6 Å². The summed E-state index contributed by atoms with van der Waals surface area (Å²) in [5.74, 6) is 5.06. The van der Waals surface area contributed by atoms with Crippen LogP contribution in [0.4, 0.5) is 0 Å². The van der Waals surface area contributed by atoms with Gasteiger partial charge in [0.05, 0.1) is 18.1 Å². The Labute approximate surface area is 118 Å². The quantitative estimate of drug-likeness (QED) is 0.834. The van der Waals surface area contributed by atoms with Gasteiger partial charge in [-0.1, -0.05) is 11.8 Å². The molecule has 0 aliphatic heterocycles. The standard InChI is InChI=1S/C15H17N3O2/c1-12(2)18(7-4-6-16)15(20)14-9-13(5-3-8-19)10-17-11-14/h9-12,19H,4,7-8H2,1-2H3. The highest BCUT2D eigenvalue weighted by molar-refractivity contribution is 5.94. The van der Waals surface area contributed by atoms with E-state index in [0.29, 0.717) is 24.1 Å². The van der Waals surface area contributed by atoms with Gasteiger partial charge in [0.15, 0.2) is 0 Å². The monoisotopic (exact) mass is 271 g/mol. The highest BCUT2D eigenvalue weighted by atomic mass is 16.2. The third kappa shape index (κ3) is 4.38. The Balaban J connectivity index is 2.97. The zero-order valence-corrected chi connectivity index (χ0v) is 11.6. The number of amides is 1. The van der Waals surface area contributed by atoms with E-state index in [4.69, 9.17) is 10.4 Å². The van der Waals surface area contributed by atoms with Gasteiger partial charge in [-0.25, -0.2) is 0 Å². The molecule has 1 aromatic heterocycles. The molecule has 0 aromatic carbocycles. The Morgan fingerprint density at radius 3 is 2.85 bits per heavy atom. The highest BCUT2D eigenvalue weighted by Crippen LogP contribution is 2.10. The number of rotatable bonds is 4. The van der Waals surface area contributed by atoms with Crippen molar-refractivity contribution in [2.75, 3.05) is 13.2 Å². The summed E-state index contributed by atoms with van der Waals surface area (Å²) in [6.45, 7) is 3.95. The van der Waals surface area contributed by atoms with Crippen molar-refractivity contribution in [3.8, 4) is 17.9 Å². The molecular weight excluding hydrogens is 254 g/mol. The van der Waals surface area contributed by atoms with E-state index in [9.17, 15) is 4.79 Å². The summed E-state index contributed by atoms with van der Waals surface area (Å²) < 4.78 is 0. The van der Waals surface area contributed by atoms with Crippen LogP contribution in [0.3, 0.4) is 0 Å². The van der Waals surface area contributed by atoms with Crippen molar-refractivity contribution in [2.45, 2.75) is 26.3 Å². The van der Waals surface area contributed by atoms with Crippen LogP contribution in [0.25, 0.3) is 0 Å². The van der Waals surface area contributed by atoms with Crippen molar-refractivity contribution in [1.29, 1.82) is 5.26 Å². The molecule has 0 unspecified atom stereocenters. The van der Waals surface area contributed by atoms with E-state index in [1.807, 2.05) is 19.9 Å². The molecule has 0 aliphatic carbocycles. The molecule has 0 aliphatic rings. The number of nitriles is 1. The van der Waals surface area contributed by atoms with Crippen molar-refractivity contribution in [2.24, 2.45) is 0 Å². The number of aliphatic hydroxyl groups excluding tert-OH is 1. The molecule has 20 heavy (non-hydrogen) atoms. The molecule has 1 amide bonds. The number of nitrogens with zero attached hydrogens (tertiary/aromatic N) is 3. The van der Waals surface area contributed by atoms with Crippen LogP contribution in [0.5, 0.6) is 0 Å². The third-order valence-electron chi connectivity index (χ3n) is 2.65. The smallest absolute Gasteiger partial charge is 0.255 e. The van der Waals surface area contributed by atoms with Gasteiger partial charge in [-0.05, 0) is 19.9 Å². The Hall–Kier alpha value is -2.37. The number of aliphatic hydroxyl groups is 1. The van der Waals surface area contributed by atoms with Crippen LogP contribution < -0.4 is 0 Å². The largest absolute Gasteiger partial charge is 0.384 e. The Morgan fingerprint density at radius 1 is 1.50 bits per heavy atom. The maximum Gasteiger partial charge on any atom is 0.255 e. The minimum absolute atomic E-state index is 0.00281. The molecule has 104 valence electrons. The lowest BCUT2D eigenvalue weighted by atomic mass is 10.1. The van der Waals surface area contributed by atoms with Crippen molar-refractivity contribution >= 4 is 5.91 Å². The van der Waals surface area contributed by atoms with Gasteiger partial charge in [0.2, 0.25) is 0 Å². The molecule has 5 nitrogen and oxygen atoms in total. The average Bonchev–Trinajstić information content (AvgIpc) is 2.45. The van der Waals surface area contributed by atoms with E-state index in [1.54, 1.807) is 11.0 Å². The Bertz CT molecular complexity index is 564. The second kappa shape index (κ2) is 7.93. The summed E-state index contributed by atoms with van der Waals surface area (Å²) in [6.07, 6.45) is 3.31. The van der Waals surface area contributed by atoms with Gasteiger partial charge in [0.1, 0.15) is 6.61 Å². The molecule has 0 saturated carbocycles. The molecule has 0 radical (unpaired) electrons. The van der Waals surface area contributed by atoms with Gasteiger partial charge in [-0.2, -0.15) is 5.26 Å². The number of carbonyl (C=O) groups is 1. The first-order chi connectivity index (χ1) is 9.60. The number of aromatic nitrogens is 1. The van der Waals surface area contributed by atoms with Crippen LogP contribution in [-0.2, 0) is 0 Å². The lowest BCUT2D eigenvalue weighted by molar-refractivity contribution is 0.0710. The Morgan fingerprint density at radius 2 is 2.25 bits per heavy atom. The van der Waals surface area contributed by atoms with Gasteiger partial charge in [-0.3, -0.25) is 9.78 Å². The van der Waals surface area contributed by atoms with Crippen LogP contribution in [0.2, 0.25) is 0 Å². The maximum atomic E-state index is 12.4. The molecule has 0 atom stereocenters. The lowest BCUT2D eigenvalue weighted by Crippen LogP contribution is -2.37. The van der Waals surface area contributed by atoms with E-state index < -0.39 is 0 Å². The fourth-order valence-corrected chi connectivity index (χ4v) is 1.70. The van der Waals surface area contributed by atoms with E-state index in [0.717, 1.165) is 0 Å². The molecule has 1 N–H and O–H groups in total. The molecule has 0 saturated heterocycles. The fraction of sp³-hybridized carbons (Fsp3) is 0.400. The zero-order chi connectivity index (χ0) is 15.0. The molecule has 0 fully saturated rings. The van der Waals surface area contributed by atoms with E-state index >= 15 is 0 Å². The van der Waals surface area contributed by atoms with Crippen LogP contribution in [0, 0.1) is 23.2 Å². The predicted octanol–water partition coefficient (Wildman–Crippen LogP) is 1.19. The number of carbonyl (C=O) groups excluding carboxylic acids is 1. The van der Waals surface area contributed by atoms with Gasteiger partial charge in [-0.15, -0.1) is 0 Å². The number of hydrogen-bond acceptors (Lipinski definition) is 4. The molecule has 1 rings (SSSR count). The van der Waals surface area contributed by atoms with Crippen LogP contribution in [-0.4, -0.2) is 40.1 Å². The third-order valence-corrected chi connectivity index (χ3v) is 2.65. The minimum Gasteiger partial charge on any atom is -0.384 e. The predicted molar refractivity (Wildman–Crippen MR) is 74.6 cm³/mol. The van der Waals surface area contributed by atoms with E-state index in [1.165, 1.54) is 12.4 Å². The fourth-order valence-electron chi connectivity index (χ4n) is 1.70. The average molecular weight is 271 g/mol. The maximum absolute atomic E-state index is 12.4. The van der Waals surface area contributed by atoms with Crippen molar-refractivity contribution < 1.29 is 9.90 Å². The van der Waals surface area contributed by atoms with Crippen molar-refractivity contribution in [1.82, 2.24) is 9.88 Å². The second-order valence-electron chi connectivity index (χ2n) is 4.42. The van der Waals surface area contributed by atoms with Gasteiger partial charge >= 0.3 is 0 Å². The summed E-state index contributed by atoms with van der Waals surface area (Å²) in [7, 11) is 0. The van der Waals surface area contributed by atoms with Crippen molar-refractivity contribution in [3.63, 3.8) is 0 Å². The first kappa shape index (κ1) is 15.7. The topological polar surface area (TPSA) is 77.2 Å². The molecule has 1 heterocycles. The number of pyridine rings is 1. The molecular formula is C15H17N3O2. The first-order valence-electron chi connectivity index (χ1n) is 6.32. The summed E-state index contributed by atoms with van der Waals surface area (Å²) in [5.41, 5.74) is 1.01. The second-order valence-corrected chi connectivity index (χ2v) is 4.42. The number of hydrogen-bond donors (Lipinski definition) is 1. The molecule has 1 aromatic rings. The molecule has 0 bridgehead atoms. The van der Waals surface area contributed by atoms with Crippen molar-refractivity contribution in [3.05, 3.63) is 29.6 Å². The first-order valence-corrected chi connectivity index (χ1v) is 6.32. The van der Waals surface area contributed by atoms with Crippen LogP contribution in [0.1, 0.15) is 36.2 Å². The summed E-state index contributed by atoms with van der Waals surface area (Å²) in [6, 6.07) is 3.68. The molecule has 0 spiro atoms. The summed E-state index contributed by atoms with van der Waals surface area (Å²) in [4.78, 5) is 18.0. The van der Waals surface area contributed by atoms with Gasteiger partial charge in [0.25, 0.3) is 5.91 Å². The zero-order valence-electron chi connectivity index (χ0n) is 11.6. The summed E-state index contributed by atoms with van der Waals surface area (Å²) in [5, 5.41) is 17.3. The highest BCUT2D eigenvalue weighted by Gasteiger charge is 2.18. The van der Waals surface area contributed by atoms with Gasteiger partial charge < -0.3 is 10.0 Å². The summed E-state index contributed by atoms with van der Waals surface area (Å²) >= 11 is 0.